The number of rotatable bonds is 3. The Morgan fingerprint density at radius 2 is 1.86 bits per heavy atom. The molecule has 0 unspecified atom stereocenters. The molecule has 1 aromatic carbocycles. The second kappa shape index (κ2) is 6.13. The minimum absolute atomic E-state index is 0.00281. The summed E-state index contributed by atoms with van der Waals surface area (Å²) in [5.41, 5.74) is 1.37. The summed E-state index contributed by atoms with van der Waals surface area (Å²) < 4.78 is 1.45. The molecule has 1 amide bonds. The Morgan fingerprint density at radius 1 is 1.18 bits per heavy atom. The fourth-order valence-corrected chi connectivity index (χ4v) is 2.77. The van der Waals surface area contributed by atoms with Crippen LogP contribution in [0.5, 0.6) is 0 Å². The van der Waals surface area contributed by atoms with Crippen LogP contribution in [0, 0.1) is 6.92 Å². The highest BCUT2D eigenvalue weighted by molar-refractivity contribution is 5.76. The van der Waals surface area contributed by atoms with Crippen LogP contribution in [0.3, 0.4) is 0 Å². The third kappa shape index (κ3) is 2.93. The van der Waals surface area contributed by atoms with Gasteiger partial charge in [-0.2, -0.15) is 0 Å². The molecule has 1 aliphatic heterocycles. The predicted molar refractivity (Wildman–Crippen MR) is 84.5 cm³/mol. The van der Waals surface area contributed by atoms with Gasteiger partial charge in [0.25, 0.3) is 5.56 Å². The van der Waals surface area contributed by atoms with Crippen LogP contribution in [0.2, 0.25) is 0 Å². The average molecular weight is 297 g/mol. The molecule has 1 saturated heterocycles. The number of aryl methyl sites for hydroxylation is 1. The summed E-state index contributed by atoms with van der Waals surface area (Å²) in [6.07, 6.45) is 2.09. The van der Waals surface area contributed by atoms with Crippen molar-refractivity contribution in [2.45, 2.75) is 26.3 Å². The molecule has 2 aromatic rings. The van der Waals surface area contributed by atoms with Gasteiger partial charge in [-0.3, -0.25) is 14.2 Å². The minimum atomic E-state index is -0.182. The first-order chi connectivity index (χ1) is 10.6. The molecule has 1 fully saturated rings. The van der Waals surface area contributed by atoms with Gasteiger partial charge >= 0.3 is 0 Å². The zero-order chi connectivity index (χ0) is 15.5. The molecule has 0 aliphatic carbocycles. The molecule has 1 aromatic heterocycles. The number of carbonyl (C=O) groups excluding carboxylic acids is 1. The molecule has 0 saturated carbocycles. The lowest BCUT2D eigenvalue weighted by atomic mass is 10.1. The van der Waals surface area contributed by atoms with E-state index < -0.39 is 0 Å². The van der Waals surface area contributed by atoms with Gasteiger partial charge < -0.3 is 4.90 Å². The fraction of sp³-hybridized carbons (Fsp3) is 0.353. The number of hydrogen-bond donors (Lipinski definition) is 0. The maximum Gasteiger partial charge on any atom is 0.254 e. The Hall–Kier alpha value is -2.43. The molecule has 114 valence electrons. The second-order valence-corrected chi connectivity index (χ2v) is 5.57. The Balaban J connectivity index is 1.87. The summed E-state index contributed by atoms with van der Waals surface area (Å²) in [6.45, 7) is 3.43. The highest BCUT2D eigenvalue weighted by Crippen LogP contribution is 2.15. The Bertz CT molecular complexity index is 731. The number of aromatic nitrogens is 2. The van der Waals surface area contributed by atoms with E-state index in [4.69, 9.17) is 0 Å². The van der Waals surface area contributed by atoms with Crippen LogP contribution in [0.1, 0.15) is 18.7 Å². The Morgan fingerprint density at radius 3 is 2.50 bits per heavy atom. The lowest BCUT2D eigenvalue weighted by molar-refractivity contribution is -0.130. The first kappa shape index (κ1) is 14.5. The van der Waals surface area contributed by atoms with Crippen LogP contribution in [0.25, 0.3) is 11.3 Å². The monoisotopic (exact) mass is 297 g/mol. The van der Waals surface area contributed by atoms with Crippen LogP contribution >= 0.6 is 0 Å². The van der Waals surface area contributed by atoms with Crippen molar-refractivity contribution in [1.29, 1.82) is 0 Å². The minimum Gasteiger partial charge on any atom is -0.341 e. The van der Waals surface area contributed by atoms with E-state index in [-0.39, 0.29) is 18.0 Å². The molecule has 5 heteroatoms. The van der Waals surface area contributed by atoms with Crippen molar-refractivity contribution in [2.75, 3.05) is 13.1 Å². The summed E-state index contributed by atoms with van der Waals surface area (Å²) in [5, 5.41) is 0. The predicted octanol–water partition coefficient (Wildman–Crippen LogP) is 1.84. The van der Waals surface area contributed by atoms with Crippen LogP contribution in [0.15, 0.2) is 41.2 Å². The number of nitrogens with zero attached hydrogens (tertiary/aromatic N) is 3. The zero-order valence-electron chi connectivity index (χ0n) is 12.7. The molecular weight excluding hydrogens is 278 g/mol. The quantitative estimate of drug-likeness (QED) is 0.868. The van der Waals surface area contributed by atoms with Gasteiger partial charge in [0.2, 0.25) is 5.91 Å². The maximum absolute atomic E-state index is 12.3. The molecule has 0 radical (unpaired) electrons. The first-order valence-corrected chi connectivity index (χ1v) is 7.57. The molecule has 0 bridgehead atoms. The van der Waals surface area contributed by atoms with Crippen LogP contribution in [-0.2, 0) is 11.3 Å². The topological polar surface area (TPSA) is 55.2 Å². The average Bonchev–Trinajstić information content (AvgIpc) is 3.06. The molecule has 0 atom stereocenters. The lowest BCUT2D eigenvalue weighted by Gasteiger charge is -2.17. The summed E-state index contributed by atoms with van der Waals surface area (Å²) in [6, 6.07) is 11.1. The number of carbonyl (C=O) groups is 1. The third-order valence-electron chi connectivity index (χ3n) is 4.02. The van der Waals surface area contributed by atoms with Crippen LogP contribution in [-0.4, -0.2) is 33.4 Å². The number of amides is 1. The summed E-state index contributed by atoms with van der Waals surface area (Å²) >= 11 is 0. The number of likely N-dealkylation sites (tertiary alicyclic amines) is 1. The summed E-state index contributed by atoms with van der Waals surface area (Å²) in [5.74, 6) is 0.566. The fourth-order valence-electron chi connectivity index (χ4n) is 2.77. The third-order valence-corrected chi connectivity index (χ3v) is 4.02. The zero-order valence-corrected chi connectivity index (χ0v) is 12.7. The summed E-state index contributed by atoms with van der Waals surface area (Å²) in [4.78, 5) is 30.8. The van der Waals surface area contributed by atoms with Crippen LogP contribution < -0.4 is 5.56 Å². The van der Waals surface area contributed by atoms with Gasteiger partial charge in [-0.25, -0.2) is 4.98 Å². The Kier molecular flexibility index (Phi) is 4.04. The number of hydrogen-bond acceptors (Lipinski definition) is 3. The van der Waals surface area contributed by atoms with Crippen molar-refractivity contribution in [3.63, 3.8) is 0 Å². The molecule has 5 nitrogen and oxygen atoms in total. The van der Waals surface area contributed by atoms with Gasteiger partial charge in [-0.05, 0) is 19.8 Å². The van der Waals surface area contributed by atoms with Gasteiger partial charge in [-0.15, -0.1) is 0 Å². The molecule has 1 aliphatic rings. The molecule has 2 heterocycles. The van der Waals surface area contributed by atoms with E-state index in [1.54, 1.807) is 6.92 Å². The normalized spacial score (nSPS) is 14.3. The Labute approximate surface area is 129 Å². The standard InChI is InChI=1S/C17H19N3O2/c1-13-18-15(14-7-3-2-4-8-14)11-16(21)20(13)12-17(22)19-9-5-6-10-19/h2-4,7-8,11H,5-6,9-10,12H2,1H3. The van der Waals surface area contributed by atoms with E-state index in [2.05, 4.69) is 4.98 Å². The van der Waals surface area contributed by atoms with Crippen molar-refractivity contribution >= 4 is 5.91 Å². The molecule has 22 heavy (non-hydrogen) atoms. The van der Waals surface area contributed by atoms with E-state index >= 15 is 0 Å². The van der Waals surface area contributed by atoms with E-state index in [0.29, 0.717) is 11.5 Å². The van der Waals surface area contributed by atoms with Crippen molar-refractivity contribution in [3.8, 4) is 11.3 Å². The molecular formula is C17H19N3O2. The largest absolute Gasteiger partial charge is 0.341 e. The van der Waals surface area contributed by atoms with Gasteiger partial charge in [0.15, 0.2) is 0 Å². The SMILES string of the molecule is Cc1nc(-c2ccccc2)cc(=O)n1CC(=O)N1CCCC1. The van der Waals surface area contributed by atoms with E-state index in [9.17, 15) is 9.59 Å². The molecule has 3 rings (SSSR count). The van der Waals surface area contributed by atoms with Crippen molar-refractivity contribution in [3.05, 3.63) is 52.6 Å². The lowest BCUT2D eigenvalue weighted by Crippen LogP contribution is -2.35. The van der Waals surface area contributed by atoms with E-state index in [1.807, 2.05) is 35.2 Å². The highest BCUT2D eigenvalue weighted by Gasteiger charge is 2.19. The van der Waals surface area contributed by atoms with Crippen molar-refractivity contribution in [1.82, 2.24) is 14.5 Å². The molecule has 0 N–H and O–H groups in total. The van der Waals surface area contributed by atoms with Gasteiger partial charge in [0.05, 0.1) is 5.69 Å². The molecule has 0 spiro atoms. The van der Waals surface area contributed by atoms with Crippen molar-refractivity contribution in [2.24, 2.45) is 0 Å². The van der Waals surface area contributed by atoms with Crippen molar-refractivity contribution < 1.29 is 4.79 Å². The van der Waals surface area contributed by atoms with Gasteiger partial charge in [-0.1, -0.05) is 30.3 Å². The van der Waals surface area contributed by atoms with Gasteiger partial charge in [0, 0.05) is 24.7 Å². The number of benzene rings is 1. The van der Waals surface area contributed by atoms with Gasteiger partial charge in [0.1, 0.15) is 12.4 Å². The van der Waals surface area contributed by atoms with E-state index in [0.717, 1.165) is 31.5 Å². The highest BCUT2D eigenvalue weighted by atomic mass is 16.2. The smallest absolute Gasteiger partial charge is 0.254 e. The maximum atomic E-state index is 12.3. The first-order valence-electron chi connectivity index (χ1n) is 7.57. The second-order valence-electron chi connectivity index (χ2n) is 5.57. The van der Waals surface area contributed by atoms with E-state index in [1.165, 1.54) is 10.6 Å². The summed E-state index contributed by atoms with van der Waals surface area (Å²) in [7, 11) is 0. The van der Waals surface area contributed by atoms with Crippen LogP contribution in [0.4, 0.5) is 0 Å².